The normalized spacial score (nSPS) is 17.6. The second-order valence-corrected chi connectivity index (χ2v) is 14.5. The van der Waals surface area contributed by atoms with Gasteiger partial charge in [-0.05, 0) is 65.8 Å². The molecule has 4 aliphatic rings. The molecule has 1 N–H and O–H groups in total. The van der Waals surface area contributed by atoms with Crippen LogP contribution in [0.3, 0.4) is 0 Å². The molecule has 0 spiro atoms. The number of aromatic nitrogens is 2. The molecule has 52 heavy (non-hydrogen) atoms. The molecule has 1 atom stereocenters. The zero-order valence-corrected chi connectivity index (χ0v) is 29.5. The van der Waals surface area contributed by atoms with Gasteiger partial charge in [0, 0.05) is 44.6 Å². The molecule has 6 heterocycles. The number of halogens is 1. The van der Waals surface area contributed by atoms with Gasteiger partial charge >= 0.3 is 5.84 Å². The lowest BCUT2D eigenvalue weighted by Gasteiger charge is -2.29. The van der Waals surface area contributed by atoms with Gasteiger partial charge in [-0.3, -0.25) is 19.7 Å². The number of carbonyl (C=O) groups excluding carboxylic acids is 3. The predicted molar refractivity (Wildman–Crippen MR) is 196 cm³/mol. The highest BCUT2D eigenvalue weighted by Gasteiger charge is 2.42. The minimum Gasteiger partial charge on any atom is -0.364 e. The van der Waals surface area contributed by atoms with Gasteiger partial charge in [0.2, 0.25) is 11.8 Å². The number of imide groups is 1. The van der Waals surface area contributed by atoms with Crippen LogP contribution in [0.4, 0.5) is 9.39 Å². The number of nitrogens with zero attached hydrogens (tertiary/aromatic N) is 5. The summed E-state index contributed by atoms with van der Waals surface area (Å²) >= 11 is 1.67. The topological polar surface area (TPSA) is 111 Å². The van der Waals surface area contributed by atoms with Crippen molar-refractivity contribution in [3.8, 4) is 11.8 Å². The lowest BCUT2D eigenvalue weighted by Crippen LogP contribution is -2.52. The quantitative estimate of drug-likeness (QED) is 0.117. The van der Waals surface area contributed by atoms with Crippen LogP contribution in [0.15, 0.2) is 67.1 Å². The SMILES string of the molecule is C=C(CCCn1cnc(C#Cc2sc3c(c2Cc2ccccc2)COCC2=[N+]=C(C)N23)c1)Cc1ccc(F)c2c1CN(C1CCC(=O)NC1=O)C2=O. The Morgan fingerprint density at radius 3 is 2.79 bits per heavy atom. The zero-order valence-electron chi connectivity index (χ0n) is 28.7. The van der Waals surface area contributed by atoms with Crippen LogP contribution >= 0.6 is 11.3 Å². The van der Waals surface area contributed by atoms with Crippen molar-refractivity contribution in [1.29, 1.82) is 0 Å². The molecule has 0 radical (unpaired) electrons. The number of aryl methyl sites for hydroxylation is 1. The third-order valence-corrected chi connectivity index (χ3v) is 11.1. The highest BCUT2D eigenvalue weighted by Crippen LogP contribution is 2.40. The fourth-order valence-corrected chi connectivity index (χ4v) is 8.58. The molecule has 262 valence electrons. The molecule has 12 heteroatoms. The van der Waals surface area contributed by atoms with Gasteiger partial charge in [0.15, 0.2) is 5.00 Å². The van der Waals surface area contributed by atoms with E-state index in [0.29, 0.717) is 37.4 Å². The number of hydrogen-bond acceptors (Lipinski definition) is 7. The molecule has 1 fully saturated rings. The van der Waals surface area contributed by atoms with E-state index in [4.69, 9.17) is 4.74 Å². The van der Waals surface area contributed by atoms with E-state index in [2.05, 4.69) is 62.6 Å². The number of hydrogen-bond donors (Lipinski definition) is 1. The molecular weight excluding hydrogens is 680 g/mol. The fourth-order valence-electron chi connectivity index (χ4n) is 7.33. The van der Waals surface area contributed by atoms with Crippen molar-refractivity contribution in [2.24, 2.45) is 0 Å². The number of carbonyl (C=O) groups is 3. The summed E-state index contributed by atoms with van der Waals surface area (Å²) in [5, 5.41) is 3.42. The van der Waals surface area contributed by atoms with E-state index in [-0.39, 0.29) is 30.9 Å². The molecule has 0 saturated carbocycles. The minimum absolute atomic E-state index is 0.00776. The average molecular weight is 716 g/mol. The molecule has 4 aromatic rings. The van der Waals surface area contributed by atoms with Gasteiger partial charge in [0.05, 0.1) is 23.4 Å². The maximum atomic E-state index is 14.9. The molecule has 1 unspecified atom stereocenters. The largest absolute Gasteiger partial charge is 0.364 e. The summed E-state index contributed by atoms with van der Waals surface area (Å²) in [6.07, 6.45) is 6.89. The Labute approximate surface area is 304 Å². The summed E-state index contributed by atoms with van der Waals surface area (Å²) in [4.78, 5) is 46.4. The first-order valence-corrected chi connectivity index (χ1v) is 18.2. The maximum absolute atomic E-state index is 14.9. The van der Waals surface area contributed by atoms with E-state index in [9.17, 15) is 18.8 Å². The van der Waals surface area contributed by atoms with Crippen molar-refractivity contribution < 1.29 is 23.5 Å². The number of piperidine rings is 1. The summed E-state index contributed by atoms with van der Waals surface area (Å²) in [7, 11) is 0. The number of fused-ring (bicyclic) bond motifs is 4. The number of anilines is 1. The number of rotatable bonds is 9. The number of nitrogens with one attached hydrogen (secondary N) is 1. The van der Waals surface area contributed by atoms with Crippen LogP contribution in [0.5, 0.6) is 0 Å². The van der Waals surface area contributed by atoms with Gasteiger partial charge in [-0.1, -0.05) is 59.9 Å². The van der Waals surface area contributed by atoms with Crippen LogP contribution in [0.1, 0.15) is 81.4 Å². The van der Waals surface area contributed by atoms with Crippen LogP contribution < -0.4 is 14.9 Å². The van der Waals surface area contributed by atoms with Gasteiger partial charge < -0.3 is 14.2 Å². The lowest BCUT2D eigenvalue weighted by molar-refractivity contribution is -0.136. The van der Waals surface area contributed by atoms with Gasteiger partial charge in [0.25, 0.3) is 11.7 Å². The molecule has 1 saturated heterocycles. The Morgan fingerprint density at radius 2 is 1.98 bits per heavy atom. The highest BCUT2D eigenvalue weighted by molar-refractivity contribution is 7.17. The van der Waals surface area contributed by atoms with E-state index in [1.54, 1.807) is 23.7 Å². The fraction of sp³-hybridized carbons (Fsp3) is 0.300. The molecule has 2 aromatic carbocycles. The number of ether oxygens (including phenoxy) is 1. The number of amidine groups is 2. The summed E-state index contributed by atoms with van der Waals surface area (Å²) in [5.41, 5.74) is 6.61. The lowest BCUT2D eigenvalue weighted by atomic mass is 9.95. The summed E-state index contributed by atoms with van der Waals surface area (Å²) < 4.78 is 27.5. The van der Waals surface area contributed by atoms with Crippen LogP contribution in [-0.2, 0) is 46.9 Å². The zero-order chi connectivity index (χ0) is 35.9. The molecule has 10 nitrogen and oxygen atoms in total. The first-order chi connectivity index (χ1) is 25.2. The second kappa shape index (κ2) is 13.8. The van der Waals surface area contributed by atoms with Crippen LogP contribution in [-0.4, -0.2) is 56.5 Å². The molecule has 4 aliphatic heterocycles. The minimum atomic E-state index is -0.796. The molecular formula is C40H36FN6O4S+. The first-order valence-electron chi connectivity index (χ1n) is 17.4. The Hall–Kier alpha value is -5.60. The third-order valence-electron chi connectivity index (χ3n) is 9.95. The average Bonchev–Trinajstić information content (AvgIpc) is 3.78. The van der Waals surface area contributed by atoms with Crippen molar-refractivity contribution in [3.63, 3.8) is 0 Å². The standard InChI is InChI=1S/C40H35FN6O4S/c1-24(17-27-10-12-32(41)37-30(27)20-46(39(37)50)33-13-15-36(48)44-38(33)49)7-6-16-45-19-28(42-23-45)11-14-34-29(18-26-8-4-3-5-9-26)31-21-51-22-35-43-25(2)47(35)40(31)52-34/h3-5,8-10,12,19,23,33H,1,6-7,13,15-18,20-22H2,2H3/p+1. The Balaban J connectivity index is 0.916. The van der Waals surface area contributed by atoms with Gasteiger partial charge in [-0.25, -0.2) is 14.0 Å². The van der Waals surface area contributed by atoms with Crippen molar-refractivity contribution >= 4 is 45.7 Å². The van der Waals surface area contributed by atoms with Gasteiger partial charge in [-0.15, -0.1) is 0 Å². The van der Waals surface area contributed by atoms with Crippen molar-refractivity contribution in [2.45, 2.75) is 71.2 Å². The van der Waals surface area contributed by atoms with Crippen molar-refractivity contribution in [2.75, 3.05) is 11.5 Å². The highest BCUT2D eigenvalue weighted by atomic mass is 32.1. The van der Waals surface area contributed by atoms with E-state index < -0.39 is 23.7 Å². The molecule has 8 rings (SSSR count). The number of amides is 3. The van der Waals surface area contributed by atoms with Gasteiger partial charge in [-0.2, -0.15) is 4.90 Å². The van der Waals surface area contributed by atoms with Crippen LogP contribution in [0.25, 0.3) is 0 Å². The van der Waals surface area contributed by atoms with E-state index >= 15 is 0 Å². The maximum Gasteiger partial charge on any atom is 0.326 e. The summed E-state index contributed by atoms with van der Waals surface area (Å²) in [6.45, 7) is 8.14. The predicted octanol–water partition coefficient (Wildman–Crippen LogP) is 4.65. The first kappa shape index (κ1) is 33.5. The Bertz CT molecular complexity index is 2290. The smallest absolute Gasteiger partial charge is 0.326 e. The van der Waals surface area contributed by atoms with Crippen molar-refractivity contribution in [1.82, 2.24) is 24.4 Å². The second-order valence-electron chi connectivity index (χ2n) is 13.5. The number of imidazole rings is 1. The monoisotopic (exact) mass is 715 g/mol. The van der Waals surface area contributed by atoms with E-state index in [1.165, 1.54) is 22.1 Å². The van der Waals surface area contributed by atoms with Crippen LogP contribution in [0, 0.1) is 17.7 Å². The number of thiophene rings is 1. The molecule has 3 amide bonds. The van der Waals surface area contributed by atoms with E-state index in [1.807, 2.05) is 23.8 Å². The van der Waals surface area contributed by atoms with Crippen molar-refractivity contribution in [3.05, 3.63) is 117 Å². The summed E-state index contributed by atoms with van der Waals surface area (Å²) in [5.74, 6) is 6.61. The number of allylic oxidation sites excluding steroid dienone is 1. The molecule has 0 bridgehead atoms. The molecule has 0 aliphatic carbocycles. The Morgan fingerprint density at radius 1 is 1.13 bits per heavy atom. The van der Waals surface area contributed by atoms with Gasteiger partial charge in [0.1, 0.15) is 24.2 Å². The van der Waals surface area contributed by atoms with E-state index in [0.717, 1.165) is 57.5 Å². The Kier molecular flexibility index (Phi) is 8.93. The summed E-state index contributed by atoms with van der Waals surface area (Å²) in [6, 6.07) is 12.6. The number of benzene rings is 2. The third kappa shape index (κ3) is 6.39. The molecule has 2 aromatic heterocycles. The van der Waals surface area contributed by atoms with Crippen LogP contribution in [0.2, 0.25) is 0 Å².